The summed E-state index contributed by atoms with van der Waals surface area (Å²) >= 11 is 5.41. The second kappa shape index (κ2) is 3.91. The zero-order valence-corrected chi connectivity index (χ0v) is 7.23. The highest BCUT2D eigenvalue weighted by Crippen LogP contribution is 2.18. The zero-order valence-electron chi connectivity index (χ0n) is 6.48. The highest BCUT2D eigenvalue weighted by atomic mass is 35.5. The van der Waals surface area contributed by atoms with Crippen molar-refractivity contribution in [2.45, 2.75) is 18.5 Å². The summed E-state index contributed by atoms with van der Waals surface area (Å²) in [7, 11) is 0. The van der Waals surface area contributed by atoms with Crippen molar-refractivity contribution in [1.82, 2.24) is 9.97 Å². The smallest absolute Gasteiger partial charge is 0.241 e. The molecule has 0 aromatic carbocycles. The lowest BCUT2D eigenvalue weighted by Crippen LogP contribution is -2.14. The van der Waals surface area contributed by atoms with Gasteiger partial charge in [0.25, 0.3) is 0 Å². The quantitative estimate of drug-likeness (QED) is 0.700. The molecule has 0 fully saturated rings. The number of alkyl halides is 4. The molecule has 0 unspecified atom stereocenters. The van der Waals surface area contributed by atoms with E-state index in [0.29, 0.717) is 5.56 Å². The maximum atomic E-state index is 11.8. The first kappa shape index (κ1) is 10.2. The molecule has 0 N–H and O–H groups in total. The first-order valence-electron chi connectivity index (χ1n) is 3.44. The van der Waals surface area contributed by atoms with Crippen LogP contribution in [-0.4, -0.2) is 16.1 Å². The number of hydrogen-bond donors (Lipinski definition) is 0. The van der Waals surface area contributed by atoms with E-state index in [-0.39, 0.29) is 11.7 Å². The fourth-order valence-corrected chi connectivity index (χ4v) is 0.859. The van der Waals surface area contributed by atoms with Crippen LogP contribution in [0.4, 0.5) is 13.2 Å². The normalized spacial score (nSPS) is 11.7. The molecule has 0 saturated carbocycles. The molecule has 1 rings (SSSR count). The number of nitrogens with zero attached hydrogens (tertiary/aromatic N) is 2. The highest BCUT2D eigenvalue weighted by molar-refractivity contribution is 6.17. The molecule has 1 aromatic rings. The monoisotopic (exact) mass is 210 g/mol. The van der Waals surface area contributed by atoms with Crippen LogP contribution in [0.15, 0.2) is 12.4 Å². The van der Waals surface area contributed by atoms with E-state index >= 15 is 0 Å². The third kappa shape index (κ3) is 3.59. The minimum Gasteiger partial charge on any atom is -0.241 e. The fraction of sp³-hybridized carbons (Fsp3) is 0.429. The van der Waals surface area contributed by atoms with Crippen LogP contribution in [0.25, 0.3) is 0 Å². The van der Waals surface area contributed by atoms with Crippen molar-refractivity contribution in [3.8, 4) is 0 Å². The third-order valence-electron chi connectivity index (χ3n) is 1.27. The summed E-state index contributed by atoms with van der Waals surface area (Å²) in [6, 6.07) is 0. The van der Waals surface area contributed by atoms with Crippen molar-refractivity contribution in [2.75, 3.05) is 0 Å². The Labute approximate surface area is 77.8 Å². The van der Waals surface area contributed by atoms with Gasteiger partial charge in [0, 0.05) is 18.0 Å². The molecule has 0 bridgehead atoms. The van der Waals surface area contributed by atoms with Crippen LogP contribution in [0.1, 0.15) is 11.4 Å². The summed E-state index contributed by atoms with van der Waals surface area (Å²) in [6.07, 6.45) is -2.78. The van der Waals surface area contributed by atoms with Crippen LogP contribution >= 0.6 is 11.6 Å². The summed E-state index contributed by atoms with van der Waals surface area (Å²) in [5.74, 6) is -0.0342. The molecule has 0 saturated heterocycles. The van der Waals surface area contributed by atoms with Crippen molar-refractivity contribution >= 4 is 11.6 Å². The number of hydrogen-bond acceptors (Lipinski definition) is 2. The molecule has 0 spiro atoms. The lowest BCUT2D eigenvalue weighted by Gasteiger charge is -2.04. The van der Waals surface area contributed by atoms with E-state index in [0.717, 1.165) is 0 Å². The topological polar surface area (TPSA) is 25.8 Å². The molecule has 0 aliphatic heterocycles. The average Bonchev–Trinajstić information content (AvgIpc) is 2.03. The molecule has 72 valence electrons. The first-order valence-corrected chi connectivity index (χ1v) is 3.97. The van der Waals surface area contributed by atoms with Gasteiger partial charge in [-0.25, -0.2) is 9.97 Å². The van der Waals surface area contributed by atoms with E-state index in [1.807, 2.05) is 0 Å². The molecule has 6 heteroatoms. The summed E-state index contributed by atoms with van der Waals surface area (Å²) in [5, 5.41) is 0. The molecule has 1 heterocycles. The molecule has 1 aromatic heterocycles. The van der Waals surface area contributed by atoms with Crippen molar-refractivity contribution < 1.29 is 13.2 Å². The van der Waals surface area contributed by atoms with E-state index in [2.05, 4.69) is 9.97 Å². The molecule has 0 amide bonds. The van der Waals surface area contributed by atoms with Gasteiger partial charge < -0.3 is 0 Å². The van der Waals surface area contributed by atoms with E-state index < -0.39 is 12.6 Å². The van der Waals surface area contributed by atoms with Crippen molar-refractivity contribution in [2.24, 2.45) is 0 Å². The van der Waals surface area contributed by atoms with Gasteiger partial charge >= 0.3 is 6.18 Å². The van der Waals surface area contributed by atoms with Crippen molar-refractivity contribution in [3.63, 3.8) is 0 Å². The van der Waals surface area contributed by atoms with Gasteiger partial charge in [-0.3, -0.25) is 0 Å². The van der Waals surface area contributed by atoms with Gasteiger partial charge in [0.1, 0.15) is 12.2 Å². The minimum absolute atomic E-state index is 0.201. The van der Waals surface area contributed by atoms with Gasteiger partial charge in [-0.1, -0.05) is 0 Å². The van der Waals surface area contributed by atoms with E-state index in [1.54, 1.807) is 0 Å². The van der Waals surface area contributed by atoms with Crippen LogP contribution in [0, 0.1) is 0 Å². The minimum atomic E-state index is -4.26. The Kier molecular flexibility index (Phi) is 3.08. The lowest BCUT2D eigenvalue weighted by atomic mass is 10.3. The largest absolute Gasteiger partial charge is 0.396 e. The van der Waals surface area contributed by atoms with E-state index in [4.69, 9.17) is 11.6 Å². The molecular weight excluding hydrogens is 205 g/mol. The Bertz CT molecular complexity index is 270. The second-order valence-corrected chi connectivity index (χ2v) is 2.70. The Hall–Kier alpha value is -0.840. The van der Waals surface area contributed by atoms with Gasteiger partial charge in [-0.05, 0) is 0 Å². The van der Waals surface area contributed by atoms with Gasteiger partial charge in [0.2, 0.25) is 0 Å². The standard InChI is InChI=1S/C7H6ClF3N2/c8-2-5-3-12-6(13-4-5)1-7(9,10)11/h3-4H,1-2H2. The number of aromatic nitrogens is 2. The summed E-state index contributed by atoms with van der Waals surface area (Å²) in [4.78, 5) is 7.04. The third-order valence-corrected chi connectivity index (χ3v) is 1.58. The maximum absolute atomic E-state index is 11.8. The number of rotatable bonds is 2. The molecular formula is C7H6ClF3N2. The van der Waals surface area contributed by atoms with Crippen LogP contribution in [0.2, 0.25) is 0 Å². The van der Waals surface area contributed by atoms with Gasteiger partial charge in [0.05, 0.1) is 5.88 Å². The molecule has 2 nitrogen and oxygen atoms in total. The Morgan fingerprint density at radius 2 is 1.77 bits per heavy atom. The maximum Gasteiger partial charge on any atom is 0.396 e. The van der Waals surface area contributed by atoms with Crippen molar-refractivity contribution in [3.05, 3.63) is 23.8 Å². The Morgan fingerprint density at radius 1 is 1.23 bits per heavy atom. The predicted molar refractivity (Wildman–Crippen MR) is 41.3 cm³/mol. The molecule has 0 radical (unpaired) electrons. The number of halogens is 4. The summed E-state index contributed by atoms with van der Waals surface area (Å²) in [6.45, 7) is 0. The van der Waals surface area contributed by atoms with Crippen LogP contribution in [0.3, 0.4) is 0 Å². The summed E-state index contributed by atoms with van der Waals surface area (Å²) < 4.78 is 35.5. The van der Waals surface area contributed by atoms with Crippen LogP contribution < -0.4 is 0 Å². The van der Waals surface area contributed by atoms with Gasteiger partial charge in [-0.15, -0.1) is 11.6 Å². The van der Waals surface area contributed by atoms with E-state index in [9.17, 15) is 13.2 Å². The van der Waals surface area contributed by atoms with Gasteiger partial charge in [-0.2, -0.15) is 13.2 Å². The average molecular weight is 211 g/mol. The molecule has 0 atom stereocenters. The zero-order chi connectivity index (χ0) is 9.90. The molecule has 0 aliphatic carbocycles. The van der Waals surface area contributed by atoms with E-state index in [1.165, 1.54) is 12.4 Å². The molecule has 13 heavy (non-hydrogen) atoms. The van der Waals surface area contributed by atoms with Crippen LogP contribution in [0.5, 0.6) is 0 Å². The highest BCUT2D eigenvalue weighted by Gasteiger charge is 2.29. The lowest BCUT2D eigenvalue weighted by molar-refractivity contribution is -0.128. The SMILES string of the molecule is FC(F)(F)Cc1ncc(CCl)cn1. The fourth-order valence-electron chi connectivity index (χ4n) is 0.721. The van der Waals surface area contributed by atoms with Crippen LogP contribution in [-0.2, 0) is 12.3 Å². The predicted octanol–water partition coefficient (Wildman–Crippen LogP) is 2.32. The van der Waals surface area contributed by atoms with Gasteiger partial charge in [0.15, 0.2) is 0 Å². The molecule has 0 aliphatic rings. The Morgan fingerprint density at radius 3 is 2.15 bits per heavy atom. The summed E-state index contributed by atoms with van der Waals surface area (Å²) in [5.41, 5.74) is 0.604. The first-order chi connectivity index (χ1) is 6.01. The second-order valence-electron chi connectivity index (χ2n) is 2.43. The van der Waals surface area contributed by atoms with Crippen molar-refractivity contribution in [1.29, 1.82) is 0 Å². The Balaban J connectivity index is 2.70.